The van der Waals surface area contributed by atoms with Gasteiger partial charge < -0.3 is 15.2 Å². The Morgan fingerprint density at radius 2 is 1.57 bits per heavy atom. The smallest absolute Gasteiger partial charge is 0.407 e. The molecular weight excluding hydrogens is 378 g/mol. The molecule has 0 saturated carbocycles. The Morgan fingerprint density at radius 1 is 0.900 bits per heavy atom. The average Bonchev–Trinajstić information content (AvgIpc) is 3.09. The van der Waals surface area contributed by atoms with E-state index in [1.807, 2.05) is 30.3 Å². The summed E-state index contributed by atoms with van der Waals surface area (Å²) in [5.74, 6) is -0.893. The van der Waals surface area contributed by atoms with Gasteiger partial charge in [0.2, 0.25) is 0 Å². The van der Waals surface area contributed by atoms with Crippen LogP contribution in [0.4, 0.5) is 4.79 Å². The molecule has 0 radical (unpaired) electrons. The number of fused-ring (bicyclic) bond motifs is 3. The van der Waals surface area contributed by atoms with Crippen LogP contribution in [-0.2, 0) is 11.2 Å². The summed E-state index contributed by atoms with van der Waals surface area (Å²) >= 11 is 0. The van der Waals surface area contributed by atoms with Crippen LogP contribution in [0.1, 0.15) is 39.4 Å². The maximum absolute atomic E-state index is 12.2. The zero-order valence-electron chi connectivity index (χ0n) is 16.5. The summed E-state index contributed by atoms with van der Waals surface area (Å²) in [6.07, 6.45) is 0.953. The van der Waals surface area contributed by atoms with Crippen molar-refractivity contribution in [2.45, 2.75) is 18.8 Å². The van der Waals surface area contributed by atoms with Crippen molar-refractivity contribution < 1.29 is 19.4 Å². The van der Waals surface area contributed by atoms with Crippen molar-refractivity contribution >= 4 is 12.1 Å². The first-order valence-corrected chi connectivity index (χ1v) is 10.0. The lowest BCUT2D eigenvalue weighted by Crippen LogP contribution is -2.27. The van der Waals surface area contributed by atoms with E-state index in [2.05, 4.69) is 29.6 Å². The molecule has 0 saturated heterocycles. The van der Waals surface area contributed by atoms with Gasteiger partial charge in [-0.25, -0.2) is 9.59 Å². The van der Waals surface area contributed by atoms with E-state index >= 15 is 0 Å². The minimum absolute atomic E-state index is 0.0434. The Bertz CT molecular complexity index is 1030. The highest BCUT2D eigenvalue weighted by Crippen LogP contribution is 2.44. The van der Waals surface area contributed by atoms with Crippen molar-refractivity contribution in [3.8, 4) is 11.1 Å². The van der Waals surface area contributed by atoms with Crippen LogP contribution >= 0.6 is 0 Å². The summed E-state index contributed by atoms with van der Waals surface area (Å²) in [6, 6.07) is 23.3. The first kappa shape index (κ1) is 19.7. The number of carboxylic acid groups (broad SMARTS) is 1. The van der Waals surface area contributed by atoms with E-state index < -0.39 is 12.1 Å². The molecular formula is C25H23NO4. The van der Waals surface area contributed by atoms with Crippen LogP contribution in [0, 0.1) is 0 Å². The second-order valence-corrected chi connectivity index (χ2v) is 7.36. The maximum atomic E-state index is 12.2. The third-order valence-corrected chi connectivity index (χ3v) is 5.43. The lowest BCUT2D eigenvalue weighted by Gasteiger charge is -2.14. The first-order valence-electron chi connectivity index (χ1n) is 10.0. The number of nitrogens with one attached hydrogen (secondary N) is 1. The van der Waals surface area contributed by atoms with Gasteiger partial charge in [0.1, 0.15) is 6.61 Å². The van der Waals surface area contributed by atoms with Crippen molar-refractivity contribution in [2.24, 2.45) is 0 Å². The number of rotatable bonds is 7. The highest BCUT2D eigenvalue weighted by molar-refractivity contribution is 5.87. The summed E-state index contributed by atoms with van der Waals surface area (Å²) in [6.45, 7) is 0.758. The van der Waals surface area contributed by atoms with Gasteiger partial charge in [0.05, 0.1) is 5.56 Å². The van der Waals surface area contributed by atoms with Gasteiger partial charge in [-0.2, -0.15) is 0 Å². The number of benzene rings is 3. The van der Waals surface area contributed by atoms with Crippen molar-refractivity contribution in [1.29, 1.82) is 0 Å². The molecule has 0 heterocycles. The molecule has 0 bridgehead atoms. The molecule has 0 aliphatic heterocycles. The fraction of sp³-hybridized carbons (Fsp3) is 0.200. The summed E-state index contributed by atoms with van der Waals surface area (Å²) in [7, 11) is 0. The van der Waals surface area contributed by atoms with Gasteiger partial charge in [0.25, 0.3) is 0 Å². The van der Waals surface area contributed by atoms with Crippen LogP contribution in [0.5, 0.6) is 0 Å². The van der Waals surface area contributed by atoms with Crippen LogP contribution in [0.3, 0.4) is 0 Å². The van der Waals surface area contributed by atoms with E-state index in [1.54, 1.807) is 18.2 Å². The minimum Gasteiger partial charge on any atom is -0.478 e. The standard InChI is InChI=1S/C25H23NO4/c27-24(28)18-9-5-7-17(15-18)8-6-14-26-25(29)30-16-23-21-12-3-1-10-19(21)20-11-2-4-13-22(20)23/h1-5,7,9-13,15,23H,6,8,14,16H2,(H,26,29)(H,27,28). The van der Waals surface area contributed by atoms with E-state index in [1.165, 1.54) is 22.3 Å². The van der Waals surface area contributed by atoms with Gasteiger partial charge in [-0.3, -0.25) is 0 Å². The average molecular weight is 401 g/mol. The van der Waals surface area contributed by atoms with E-state index in [0.717, 1.165) is 5.56 Å². The van der Waals surface area contributed by atoms with Crippen LogP contribution in [0.25, 0.3) is 11.1 Å². The SMILES string of the molecule is O=C(NCCCc1cccc(C(=O)O)c1)OCC1c2ccccc2-c2ccccc21. The number of carbonyl (C=O) groups is 2. The number of amides is 1. The fourth-order valence-corrected chi connectivity index (χ4v) is 3.99. The van der Waals surface area contributed by atoms with E-state index in [0.29, 0.717) is 26.0 Å². The zero-order chi connectivity index (χ0) is 20.9. The van der Waals surface area contributed by atoms with Crippen LogP contribution in [0.15, 0.2) is 72.8 Å². The van der Waals surface area contributed by atoms with Gasteiger partial charge in [-0.1, -0.05) is 60.7 Å². The number of carboxylic acids is 1. The molecule has 1 aliphatic carbocycles. The molecule has 0 atom stereocenters. The Kier molecular flexibility index (Phi) is 5.80. The molecule has 1 aliphatic rings. The van der Waals surface area contributed by atoms with Crippen LogP contribution < -0.4 is 5.32 Å². The monoisotopic (exact) mass is 401 g/mol. The Balaban J connectivity index is 1.28. The van der Waals surface area contributed by atoms with Gasteiger partial charge >= 0.3 is 12.1 Å². The first-order chi connectivity index (χ1) is 14.6. The van der Waals surface area contributed by atoms with Crippen LogP contribution in [-0.4, -0.2) is 30.3 Å². The molecule has 0 unspecified atom stereocenters. The number of aromatic carboxylic acids is 1. The minimum atomic E-state index is -0.936. The maximum Gasteiger partial charge on any atom is 0.407 e. The Morgan fingerprint density at radius 3 is 2.23 bits per heavy atom. The van der Waals surface area contributed by atoms with Gasteiger partial charge in [0, 0.05) is 12.5 Å². The highest BCUT2D eigenvalue weighted by Gasteiger charge is 2.28. The Hall–Kier alpha value is -3.60. The Labute approximate surface area is 175 Å². The van der Waals surface area contributed by atoms with Crippen molar-refractivity contribution in [3.05, 3.63) is 95.1 Å². The molecule has 152 valence electrons. The second kappa shape index (κ2) is 8.82. The zero-order valence-corrected chi connectivity index (χ0v) is 16.5. The lowest BCUT2D eigenvalue weighted by atomic mass is 9.98. The molecule has 3 aromatic carbocycles. The van der Waals surface area contributed by atoms with Gasteiger partial charge in [0.15, 0.2) is 0 Å². The molecule has 4 rings (SSSR count). The van der Waals surface area contributed by atoms with Crippen molar-refractivity contribution in [1.82, 2.24) is 5.32 Å². The van der Waals surface area contributed by atoms with E-state index in [-0.39, 0.29) is 11.5 Å². The quantitative estimate of drug-likeness (QED) is 0.555. The molecule has 0 aromatic heterocycles. The predicted octanol–water partition coefficient (Wildman–Crippen LogP) is 4.86. The highest BCUT2D eigenvalue weighted by atomic mass is 16.5. The topological polar surface area (TPSA) is 75.6 Å². The number of aryl methyl sites for hydroxylation is 1. The predicted molar refractivity (Wildman–Crippen MR) is 115 cm³/mol. The normalized spacial score (nSPS) is 12.1. The molecule has 0 fully saturated rings. The van der Waals surface area contributed by atoms with Crippen LogP contribution in [0.2, 0.25) is 0 Å². The number of hydrogen-bond acceptors (Lipinski definition) is 3. The van der Waals surface area contributed by atoms with E-state index in [9.17, 15) is 9.59 Å². The molecule has 1 amide bonds. The van der Waals surface area contributed by atoms with Crippen molar-refractivity contribution in [3.63, 3.8) is 0 Å². The molecule has 0 spiro atoms. The van der Waals surface area contributed by atoms with Crippen molar-refractivity contribution in [2.75, 3.05) is 13.2 Å². The largest absolute Gasteiger partial charge is 0.478 e. The molecule has 3 aromatic rings. The molecule has 2 N–H and O–H groups in total. The number of carbonyl (C=O) groups excluding carboxylic acids is 1. The third-order valence-electron chi connectivity index (χ3n) is 5.43. The second-order valence-electron chi connectivity index (χ2n) is 7.36. The molecule has 30 heavy (non-hydrogen) atoms. The van der Waals surface area contributed by atoms with E-state index in [4.69, 9.17) is 9.84 Å². The summed E-state index contributed by atoms with van der Waals surface area (Å²) < 4.78 is 5.51. The fourth-order valence-electron chi connectivity index (χ4n) is 3.99. The number of alkyl carbamates (subject to hydrolysis) is 1. The third kappa shape index (κ3) is 4.20. The molecule has 5 heteroatoms. The van der Waals surface area contributed by atoms with Gasteiger partial charge in [-0.05, 0) is 52.8 Å². The number of ether oxygens (including phenoxy) is 1. The lowest BCUT2D eigenvalue weighted by molar-refractivity contribution is 0.0696. The van der Waals surface area contributed by atoms with Gasteiger partial charge in [-0.15, -0.1) is 0 Å². The summed E-state index contributed by atoms with van der Waals surface area (Å²) in [5, 5.41) is 11.8. The summed E-state index contributed by atoms with van der Waals surface area (Å²) in [5.41, 5.74) is 5.98. The number of hydrogen-bond donors (Lipinski definition) is 2. The molecule has 5 nitrogen and oxygen atoms in total. The summed E-state index contributed by atoms with van der Waals surface area (Å²) in [4.78, 5) is 23.2.